The van der Waals surface area contributed by atoms with Gasteiger partial charge < -0.3 is 9.64 Å². The second kappa shape index (κ2) is 8.28. The summed E-state index contributed by atoms with van der Waals surface area (Å²) in [4.78, 5) is 34.5. The molecule has 1 aromatic carbocycles. The predicted octanol–water partition coefficient (Wildman–Crippen LogP) is 4.39. The zero-order chi connectivity index (χ0) is 21.4. The van der Waals surface area contributed by atoms with Crippen molar-refractivity contribution in [2.45, 2.75) is 32.0 Å². The number of carbonyl (C=O) groups is 1. The average Bonchev–Trinajstić information content (AvgIpc) is 3.30. The third-order valence-electron chi connectivity index (χ3n) is 5.47. The van der Waals surface area contributed by atoms with Crippen molar-refractivity contribution in [1.82, 2.24) is 14.5 Å². The third kappa shape index (κ3) is 4.00. The van der Waals surface area contributed by atoms with E-state index in [1.54, 1.807) is 18.4 Å². The Balaban J connectivity index is 1.41. The van der Waals surface area contributed by atoms with Gasteiger partial charge in [-0.1, -0.05) is 18.2 Å². The molecule has 158 valence electrons. The Morgan fingerprint density at radius 3 is 2.71 bits per heavy atom. The van der Waals surface area contributed by atoms with Crippen LogP contribution in [0.5, 0.6) is 5.75 Å². The summed E-state index contributed by atoms with van der Waals surface area (Å²) in [6, 6.07) is 11.9. The van der Waals surface area contributed by atoms with Gasteiger partial charge in [0.25, 0.3) is 5.56 Å². The molecule has 0 aliphatic heterocycles. The molecule has 4 aromatic rings. The molecule has 31 heavy (non-hydrogen) atoms. The molecular weight excluding hydrogens is 430 g/mol. The molecular formula is C23H21N3O3S2. The van der Waals surface area contributed by atoms with Crippen molar-refractivity contribution in [3.05, 3.63) is 69.4 Å². The molecule has 3 heterocycles. The van der Waals surface area contributed by atoms with Gasteiger partial charge in [-0.25, -0.2) is 4.98 Å². The van der Waals surface area contributed by atoms with E-state index in [9.17, 15) is 9.59 Å². The zero-order valence-electron chi connectivity index (χ0n) is 17.0. The number of aromatic nitrogens is 2. The first kappa shape index (κ1) is 20.0. The molecule has 1 aliphatic carbocycles. The van der Waals surface area contributed by atoms with Crippen molar-refractivity contribution < 1.29 is 9.53 Å². The normalized spacial score (nSPS) is 13.5. The number of fused-ring (bicyclic) bond motifs is 1. The fraction of sp³-hybridized carbons (Fsp3) is 0.261. The molecule has 0 radical (unpaired) electrons. The Kier molecular flexibility index (Phi) is 5.33. The molecule has 6 nitrogen and oxygen atoms in total. The first-order chi connectivity index (χ1) is 15.1. The number of nitrogens with zero attached hydrogens (tertiary/aromatic N) is 3. The number of rotatable bonds is 7. The molecule has 1 amide bonds. The van der Waals surface area contributed by atoms with Gasteiger partial charge in [-0.05, 0) is 42.0 Å². The van der Waals surface area contributed by atoms with Crippen LogP contribution >= 0.6 is 22.7 Å². The number of ether oxygens (including phenoxy) is 1. The van der Waals surface area contributed by atoms with Gasteiger partial charge in [0.05, 0.1) is 18.8 Å². The monoisotopic (exact) mass is 451 g/mol. The number of hydrogen-bond donors (Lipinski definition) is 0. The molecule has 0 saturated heterocycles. The molecule has 0 atom stereocenters. The second-order valence-corrected chi connectivity index (χ2v) is 9.39. The Morgan fingerprint density at radius 2 is 2.03 bits per heavy atom. The van der Waals surface area contributed by atoms with Crippen molar-refractivity contribution in [3.63, 3.8) is 0 Å². The Bertz CT molecular complexity index is 1270. The summed E-state index contributed by atoms with van der Waals surface area (Å²) in [5, 5.41) is 4.55. The number of thiophene rings is 2. The Labute approximate surface area is 187 Å². The first-order valence-corrected chi connectivity index (χ1v) is 11.8. The fourth-order valence-electron chi connectivity index (χ4n) is 3.66. The van der Waals surface area contributed by atoms with Crippen molar-refractivity contribution in [1.29, 1.82) is 0 Å². The minimum Gasteiger partial charge on any atom is -0.497 e. The van der Waals surface area contributed by atoms with Crippen molar-refractivity contribution in [2.24, 2.45) is 0 Å². The highest BCUT2D eigenvalue weighted by Crippen LogP contribution is 2.33. The van der Waals surface area contributed by atoms with Gasteiger partial charge in [0.15, 0.2) is 0 Å². The molecule has 0 unspecified atom stereocenters. The number of amides is 1. The number of carbonyl (C=O) groups excluding carboxylic acids is 1. The van der Waals surface area contributed by atoms with E-state index in [2.05, 4.69) is 4.98 Å². The first-order valence-electron chi connectivity index (χ1n) is 10.1. The minimum absolute atomic E-state index is 0.00580. The van der Waals surface area contributed by atoms with Crippen LogP contribution in [0.15, 0.2) is 58.3 Å². The van der Waals surface area contributed by atoms with Gasteiger partial charge in [-0.15, -0.1) is 22.7 Å². The highest BCUT2D eigenvalue weighted by atomic mass is 32.1. The maximum atomic E-state index is 13.2. The van der Waals surface area contributed by atoms with E-state index in [1.807, 2.05) is 52.1 Å². The zero-order valence-corrected chi connectivity index (χ0v) is 18.6. The lowest BCUT2D eigenvalue weighted by molar-refractivity contribution is -0.133. The van der Waals surface area contributed by atoms with Gasteiger partial charge in [0, 0.05) is 28.4 Å². The molecule has 8 heteroatoms. The molecule has 1 fully saturated rings. The van der Waals surface area contributed by atoms with Crippen LogP contribution < -0.4 is 10.3 Å². The van der Waals surface area contributed by atoms with Crippen LogP contribution in [0.2, 0.25) is 0 Å². The molecule has 0 bridgehead atoms. The maximum absolute atomic E-state index is 13.2. The summed E-state index contributed by atoms with van der Waals surface area (Å²) in [7, 11) is 1.63. The van der Waals surface area contributed by atoms with Crippen molar-refractivity contribution >= 4 is 38.8 Å². The standard InChI is InChI=1S/C23H21N3O3S2/c1-29-17-8-4-15(5-9-17)11-26(16-6-7-16)20(27)12-25-14-24-22-21(23(25)28)18(13-31-22)19-3-2-10-30-19/h2-5,8-10,13-14,16H,6-7,11-12H2,1H3. The number of methoxy groups -OCH3 is 1. The number of benzene rings is 1. The highest BCUT2D eigenvalue weighted by molar-refractivity contribution is 7.18. The summed E-state index contributed by atoms with van der Waals surface area (Å²) in [5.41, 5.74) is 1.77. The van der Waals surface area contributed by atoms with Crippen molar-refractivity contribution in [3.8, 4) is 16.2 Å². The Hall–Kier alpha value is -2.97. The van der Waals surface area contributed by atoms with E-state index >= 15 is 0 Å². The lowest BCUT2D eigenvalue weighted by atomic mass is 10.2. The summed E-state index contributed by atoms with van der Waals surface area (Å²) in [5.74, 6) is 0.728. The average molecular weight is 452 g/mol. The van der Waals surface area contributed by atoms with Gasteiger partial charge in [-0.3, -0.25) is 14.2 Å². The van der Waals surface area contributed by atoms with Gasteiger partial charge >= 0.3 is 0 Å². The van der Waals surface area contributed by atoms with E-state index in [0.29, 0.717) is 16.8 Å². The second-order valence-electron chi connectivity index (χ2n) is 7.59. The number of hydrogen-bond acceptors (Lipinski definition) is 6. The van der Waals surface area contributed by atoms with Crippen molar-refractivity contribution in [2.75, 3.05) is 7.11 Å². The predicted molar refractivity (Wildman–Crippen MR) is 124 cm³/mol. The fourth-order valence-corrected chi connectivity index (χ4v) is 5.39. The van der Waals surface area contributed by atoms with Crippen LogP contribution in [0, 0.1) is 0 Å². The van der Waals surface area contributed by atoms with E-state index in [-0.39, 0.29) is 24.1 Å². The quantitative estimate of drug-likeness (QED) is 0.418. The lowest BCUT2D eigenvalue weighted by Crippen LogP contribution is -2.37. The van der Waals surface area contributed by atoms with Gasteiger partial charge in [0.2, 0.25) is 5.91 Å². The Morgan fingerprint density at radius 1 is 1.23 bits per heavy atom. The largest absolute Gasteiger partial charge is 0.497 e. The summed E-state index contributed by atoms with van der Waals surface area (Å²) < 4.78 is 6.66. The van der Waals surface area contributed by atoms with E-state index in [4.69, 9.17) is 4.74 Å². The summed E-state index contributed by atoms with van der Waals surface area (Å²) in [6.07, 6.45) is 3.50. The van der Waals surface area contributed by atoms with Crippen LogP contribution in [-0.2, 0) is 17.9 Å². The minimum atomic E-state index is -0.164. The smallest absolute Gasteiger partial charge is 0.263 e. The SMILES string of the molecule is COc1ccc(CN(C(=O)Cn2cnc3scc(-c4cccs4)c3c2=O)C2CC2)cc1. The third-order valence-corrected chi connectivity index (χ3v) is 7.26. The van der Waals surface area contributed by atoms with Crippen LogP contribution in [0.3, 0.4) is 0 Å². The molecule has 1 aliphatic rings. The maximum Gasteiger partial charge on any atom is 0.263 e. The molecule has 3 aromatic heterocycles. The van der Waals surface area contributed by atoms with Crippen LogP contribution in [-0.4, -0.2) is 33.5 Å². The molecule has 0 N–H and O–H groups in total. The topological polar surface area (TPSA) is 64.4 Å². The van der Waals surface area contributed by atoms with Gasteiger partial charge in [0.1, 0.15) is 17.1 Å². The van der Waals surface area contributed by atoms with E-state index < -0.39 is 0 Å². The van der Waals surface area contributed by atoms with Crippen LogP contribution in [0.1, 0.15) is 18.4 Å². The molecule has 1 saturated carbocycles. The van der Waals surface area contributed by atoms with Crippen LogP contribution in [0.25, 0.3) is 20.7 Å². The molecule has 0 spiro atoms. The van der Waals surface area contributed by atoms with E-state index in [1.165, 1.54) is 22.2 Å². The summed E-state index contributed by atoms with van der Waals surface area (Å²) in [6.45, 7) is 0.519. The van der Waals surface area contributed by atoms with Gasteiger partial charge in [-0.2, -0.15) is 0 Å². The van der Waals surface area contributed by atoms with E-state index in [0.717, 1.165) is 34.6 Å². The lowest BCUT2D eigenvalue weighted by Gasteiger charge is -2.23. The van der Waals surface area contributed by atoms with Crippen LogP contribution in [0.4, 0.5) is 0 Å². The summed E-state index contributed by atoms with van der Waals surface area (Å²) >= 11 is 3.05. The highest BCUT2D eigenvalue weighted by Gasteiger charge is 2.32. The molecule has 5 rings (SSSR count).